The van der Waals surface area contributed by atoms with Gasteiger partial charge < -0.3 is 19.5 Å². The molecule has 2 aromatic rings. The molecule has 0 radical (unpaired) electrons. The highest BCUT2D eigenvalue weighted by molar-refractivity contribution is 5.89. The van der Waals surface area contributed by atoms with E-state index >= 15 is 0 Å². The molecule has 1 aromatic heterocycles. The first-order valence-electron chi connectivity index (χ1n) is 8.43. The molecule has 0 unspecified atom stereocenters. The average Bonchev–Trinajstić information content (AvgIpc) is 2.93. The molecule has 0 bridgehead atoms. The van der Waals surface area contributed by atoms with Gasteiger partial charge in [0.15, 0.2) is 5.82 Å². The monoisotopic (exact) mass is 366 g/mol. The van der Waals surface area contributed by atoms with E-state index in [1.807, 2.05) is 0 Å². The zero-order valence-electron chi connectivity index (χ0n) is 14.4. The minimum absolute atomic E-state index is 0.173. The number of likely N-dealkylation sites (tertiary alicyclic amines) is 1. The predicted octanol–water partition coefficient (Wildman–Crippen LogP) is 3.64. The Kier molecular flexibility index (Phi) is 5.77. The highest BCUT2D eigenvalue weighted by Gasteiger charge is 2.31. The summed E-state index contributed by atoms with van der Waals surface area (Å²) in [5.74, 6) is -0.978. The van der Waals surface area contributed by atoms with E-state index in [1.54, 1.807) is 0 Å². The van der Waals surface area contributed by atoms with Gasteiger partial charge in [0.05, 0.1) is 6.04 Å². The molecule has 1 N–H and O–H groups in total. The number of urea groups is 1. The van der Waals surface area contributed by atoms with Crippen molar-refractivity contribution in [3.8, 4) is 0 Å². The number of amides is 2. The van der Waals surface area contributed by atoms with Crippen molar-refractivity contribution in [1.82, 2.24) is 15.0 Å². The number of hydrogen-bond donors (Lipinski definition) is 1. The van der Waals surface area contributed by atoms with Crippen LogP contribution in [0.2, 0.25) is 0 Å². The van der Waals surface area contributed by atoms with Gasteiger partial charge in [-0.15, -0.1) is 0 Å². The summed E-state index contributed by atoms with van der Waals surface area (Å²) < 4.78 is 37.8. The van der Waals surface area contributed by atoms with E-state index in [2.05, 4.69) is 15.5 Å². The maximum atomic E-state index is 13.8. The van der Waals surface area contributed by atoms with Crippen molar-refractivity contribution in [1.29, 1.82) is 0 Å². The fraction of sp³-hybridized carbons (Fsp3) is 0.471. The van der Waals surface area contributed by atoms with Gasteiger partial charge >= 0.3 is 6.03 Å². The summed E-state index contributed by atoms with van der Waals surface area (Å²) in [6, 6.07) is 2.40. The Labute approximate surface area is 149 Å². The van der Waals surface area contributed by atoms with Gasteiger partial charge in [0.1, 0.15) is 23.9 Å². The normalized spacial score (nSPS) is 17.8. The summed E-state index contributed by atoms with van der Waals surface area (Å²) in [5.41, 5.74) is -0.464. The lowest BCUT2D eigenvalue weighted by atomic mass is 10.1. The zero-order valence-corrected chi connectivity index (χ0v) is 14.4. The molecule has 1 aromatic carbocycles. The molecule has 1 saturated heterocycles. The Morgan fingerprint density at radius 3 is 2.85 bits per heavy atom. The second-order valence-corrected chi connectivity index (χ2v) is 6.06. The largest absolute Gasteiger partial charge is 0.375 e. The van der Waals surface area contributed by atoms with Crippen molar-refractivity contribution < 1.29 is 22.8 Å². The van der Waals surface area contributed by atoms with Crippen LogP contribution in [-0.2, 0) is 11.3 Å². The van der Waals surface area contributed by atoms with Crippen LogP contribution in [0.5, 0.6) is 0 Å². The zero-order chi connectivity index (χ0) is 18.5. The minimum Gasteiger partial charge on any atom is -0.375 e. The van der Waals surface area contributed by atoms with Gasteiger partial charge in [0.2, 0.25) is 0 Å². The molecule has 0 saturated carbocycles. The molecule has 0 spiro atoms. The van der Waals surface area contributed by atoms with E-state index in [9.17, 15) is 13.6 Å². The molecule has 1 aliphatic rings. The number of rotatable bonds is 4. The van der Waals surface area contributed by atoms with Gasteiger partial charge in [-0.05, 0) is 25.0 Å². The number of carbonyl (C=O) groups excluding carboxylic acids is 1. The van der Waals surface area contributed by atoms with Crippen LogP contribution in [0.4, 0.5) is 19.3 Å². The Morgan fingerprint density at radius 1 is 1.35 bits per heavy atom. The number of carbonyl (C=O) groups is 1. The van der Waals surface area contributed by atoms with Crippen LogP contribution in [0.15, 0.2) is 22.7 Å². The number of benzene rings is 1. The molecule has 3 rings (SSSR count). The quantitative estimate of drug-likeness (QED) is 0.893. The van der Waals surface area contributed by atoms with Crippen LogP contribution in [0, 0.1) is 11.6 Å². The number of nitrogens with one attached hydrogen (secondary N) is 1. The van der Waals surface area contributed by atoms with Crippen LogP contribution in [0.1, 0.15) is 43.4 Å². The van der Waals surface area contributed by atoms with Gasteiger partial charge in [-0.2, -0.15) is 4.98 Å². The second-order valence-electron chi connectivity index (χ2n) is 6.06. The third kappa shape index (κ3) is 3.98. The fourth-order valence-corrected chi connectivity index (χ4v) is 3.00. The molecule has 26 heavy (non-hydrogen) atoms. The van der Waals surface area contributed by atoms with E-state index in [4.69, 9.17) is 9.26 Å². The molecule has 7 nitrogen and oxygen atoms in total. The highest BCUT2D eigenvalue weighted by Crippen LogP contribution is 2.30. The Balaban J connectivity index is 1.82. The standard InChI is InChI=1S/C17H20F2N4O3/c1-25-10-14-20-16(22-26-14)13-8-3-2-4-9-23(13)17(24)21-15-11(18)6-5-7-12(15)19/h5-7,13H,2-4,8-10H2,1H3,(H,21,24)/t13-/m1/s1. The summed E-state index contributed by atoms with van der Waals surface area (Å²) >= 11 is 0. The van der Waals surface area contributed by atoms with Crippen LogP contribution >= 0.6 is 0 Å². The number of para-hydroxylation sites is 1. The van der Waals surface area contributed by atoms with Crippen molar-refractivity contribution in [2.75, 3.05) is 19.0 Å². The number of aromatic nitrogens is 2. The lowest BCUT2D eigenvalue weighted by molar-refractivity contribution is 0.151. The van der Waals surface area contributed by atoms with E-state index < -0.39 is 29.4 Å². The molecule has 0 aliphatic carbocycles. The third-order valence-electron chi connectivity index (χ3n) is 4.26. The molecule has 1 atom stereocenters. The number of anilines is 1. The van der Waals surface area contributed by atoms with Gasteiger partial charge in [-0.3, -0.25) is 0 Å². The van der Waals surface area contributed by atoms with E-state index in [0.717, 1.165) is 31.4 Å². The van der Waals surface area contributed by atoms with Gasteiger partial charge in [0, 0.05) is 13.7 Å². The molecule has 2 heterocycles. The maximum absolute atomic E-state index is 13.8. The van der Waals surface area contributed by atoms with Gasteiger partial charge in [-0.25, -0.2) is 13.6 Å². The number of halogens is 2. The second kappa shape index (κ2) is 8.22. The summed E-state index contributed by atoms with van der Waals surface area (Å²) in [5, 5.41) is 6.27. The maximum Gasteiger partial charge on any atom is 0.322 e. The van der Waals surface area contributed by atoms with Crippen molar-refractivity contribution in [2.24, 2.45) is 0 Å². The molecular formula is C17H20F2N4O3. The molecule has 1 fully saturated rings. The summed E-state index contributed by atoms with van der Waals surface area (Å²) in [4.78, 5) is 18.5. The van der Waals surface area contributed by atoms with Crippen molar-refractivity contribution in [3.05, 3.63) is 41.5 Å². The number of methoxy groups -OCH3 is 1. The van der Waals surface area contributed by atoms with Crippen LogP contribution in [0.3, 0.4) is 0 Å². The summed E-state index contributed by atoms with van der Waals surface area (Å²) in [6.07, 6.45) is 3.25. The lowest BCUT2D eigenvalue weighted by Gasteiger charge is -2.28. The lowest BCUT2D eigenvalue weighted by Crippen LogP contribution is -2.38. The Morgan fingerprint density at radius 2 is 2.12 bits per heavy atom. The van der Waals surface area contributed by atoms with Gasteiger partial charge in [-0.1, -0.05) is 24.1 Å². The minimum atomic E-state index is -0.827. The first-order chi connectivity index (χ1) is 12.6. The summed E-state index contributed by atoms with van der Waals surface area (Å²) in [6.45, 7) is 0.604. The van der Waals surface area contributed by atoms with E-state index in [0.29, 0.717) is 24.7 Å². The first kappa shape index (κ1) is 18.2. The molecule has 140 valence electrons. The number of ether oxygens (including phenoxy) is 1. The number of hydrogen-bond acceptors (Lipinski definition) is 5. The van der Waals surface area contributed by atoms with Crippen molar-refractivity contribution in [2.45, 2.75) is 38.3 Å². The number of nitrogens with zero attached hydrogens (tertiary/aromatic N) is 3. The first-order valence-corrected chi connectivity index (χ1v) is 8.43. The molecular weight excluding hydrogens is 346 g/mol. The predicted molar refractivity (Wildman–Crippen MR) is 88.3 cm³/mol. The van der Waals surface area contributed by atoms with E-state index in [1.165, 1.54) is 18.1 Å². The van der Waals surface area contributed by atoms with Crippen molar-refractivity contribution >= 4 is 11.7 Å². The topological polar surface area (TPSA) is 80.5 Å². The summed E-state index contributed by atoms with van der Waals surface area (Å²) in [7, 11) is 1.51. The van der Waals surface area contributed by atoms with Gasteiger partial charge in [0.25, 0.3) is 5.89 Å². The van der Waals surface area contributed by atoms with E-state index in [-0.39, 0.29) is 6.61 Å². The van der Waals surface area contributed by atoms with Crippen LogP contribution in [0.25, 0.3) is 0 Å². The highest BCUT2D eigenvalue weighted by atomic mass is 19.1. The fourth-order valence-electron chi connectivity index (χ4n) is 3.00. The molecule has 1 aliphatic heterocycles. The van der Waals surface area contributed by atoms with Crippen LogP contribution < -0.4 is 5.32 Å². The SMILES string of the molecule is COCc1nc([C@H]2CCCCCN2C(=O)Nc2c(F)cccc2F)no1. The third-order valence-corrected chi connectivity index (χ3v) is 4.26. The molecule has 9 heteroatoms. The Hall–Kier alpha value is -2.55. The Bertz CT molecular complexity index is 748. The smallest absolute Gasteiger partial charge is 0.322 e. The van der Waals surface area contributed by atoms with Crippen LogP contribution in [-0.4, -0.2) is 34.7 Å². The van der Waals surface area contributed by atoms with Crippen molar-refractivity contribution in [3.63, 3.8) is 0 Å². The molecule has 2 amide bonds. The average molecular weight is 366 g/mol.